The Morgan fingerprint density at radius 1 is 1.05 bits per heavy atom. The van der Waals surface area contributed by atoms with Gasteiger partial charge in [-0.05, 0) is 60.2 Å². The maximum absolute atomic E-state index is 13.8. The molecule has 202 valence electrons. The van der Waals surface area contributed by atoms with E-state index in [-0.39, 0.29) is 35.4 Å². The second-order valence-corrected chi connectivity index (χ2v) is 9.85. The fourth-order valence-corrected chi connectivity index (χ4v) is 4.82. The monoisotopic (exact) mass is 575 g/mol. The Labute approximate surface area is 240 Å². The van der Waals surface area contributed by atoms with Crippen LogP contribution < -0.4 is 15.4 Å². The molecule has 1 aliphatic heterocycles. The van der Waals surface area contributed by atoms with Gasteiger partial charge in [-0.15, -0.1) is 0 Å². The smallest absolute Gasteiger partial charge is 0.258 e. The number of hydrogen-bond acceptors (Lipinski definition) is 6. The molecule has 3 amide bonds. The number of fused-ring (bicyclic) bond motifs is 1. The molecular formula is C29H23Cl2N5O4. The van der Waals surface area contributed by atoms with Crippen LogP contribution in [0, 0.1) is 0 Å². The van der Waals surface area contributed by atoms with Gasteiger partial charge in [0.1, 0.15) is 17.6 Å². The molecule has 3 heterocycles. The van der Waals surface area contributed by atoms with Crippen molar-refractivity contribution in [1.29, 1.82) is 0 Å². The molecular weight excluding hydrogens is 553 g/mol. The molecule has 0 radical (unpaired) electrons. The van der Waals surface area contributed by atoms with Crippen molar-refractivity contribution in [2.24, 2.45) is 0 Å². The van der Waals surface area contributed by atoms with E-state index in [0.29, 0.717) is 39.1 Å². The number of nitrogens with one attached hydrogen (secondary N) is 2. The Bertz CT molecular complexity index is 1580. The molecule has 0 spiro atoms. The fourth-order valence-electron chi connectivity index (χ4n) is 4.36. The van der Waals surface area contributed by atoms with E-state index in [9.17, 15) is 14.4 Å². The van der Waals surface area contributed by atoms with Gasteiger partial charge in [0.15, 0.2) is 0 Å². The maximum atomic E-state index is 13.8. The minimum absolute atomic E-state index is 0.0630. The number of aromatic nitrogens is 2. The Morgan fingerprint density at radius 2 is 1.90 bits per heavy atom. The lowest BCUT2D eigenvalue weighted by atomic mass is 10.0. The van der Waals surface area contributed by atoms with E-state index in [1.54, 1.807) is 66.9 Å². The first kappa shape index (κ1) is 27.1. The van der Waals surface area contributed by atoms with Gasteiger partial charge >= 0.3 is 0 Å². The highest BCUT2D eigenvalue weighted by Gasteiger charge is 2.36. The lowest BCUT2D eigenvalue weighted by Gasteiger charge is -2.29. The number of benzene rings is 2. The maximum Gasteiger partial charge on any atom is 0.258 e. The average Bonchev–Trinajstić information content (AvgIpc) is 3.03. The summed E-state index contributed by atoms with van der Waals surface area (Å²) < 4.78 is 5.08. The van der Waals surface area contributed by atoms with Gasteiger partial charge in [-0.25, -0.2) is 4.98 Å². The van der Waals surface area contributed by atoms with Crippen LogP contribution in [0.2, 0.25) is 10.0 Å². The Morgan fingerprint density at radius 3 is 2.60 bits per heavy atom. The van der Waals surface area contributed by atoms with Crippen molar-refractivity contribution in [2.45, 2.75) is 19.0 Å². The quantitative estimate of drug-likeness (QED) is 0.311. The number of nitrogens with zero attached hydrogens (tertiary/aromatic N) is 3. The predicted octanol–water partition coefficient (Wildman–Crippen LogP) is 5.25. The molecule has 1 aliphatic rings. The minimum Gasteiger partial charge on any atom is -0.495 e. The summed E-state index contributed by atoms with van der Waals surface area (Å²) in [5.41, 5.74) is 2.17. The molecule has 1 atom stereocenters. The van der Waals surface area contributed by atoms with E-state index in [0.717, 1.165) is 0 Å². The molecule has 0 saturated heterocycles. The molecule has 9 nitrogen and oxygen atoms in total. The number of halogens is 2. The number of ether oxygens (including phenoxy) is 1. The van der Waals surface area contributed by atoms with Gasteiger partial charge in [0.05, 0.1) is 35.1 Å². The van der Waals surface area contributed by atoms with E-state index < -0.39 is 11.9 Å². The number of rotatable bonds is 7. The first-order valence-electron chi connectivity index (χ1n) is 12.2. The second kappa shape index (κ2) is 11.7. The van der Waals surface area contributed by atoms with Crippen LogP contribution in [0.5, 0.6) is 5.75 Å². The number of carbonyl (C=O) groups is 3. The normalized spacial score (nSPS) is 14.7. The molecule has 2 N–H and O–H groups in total. The van der Waals surface area contributed by atoms with Crippen LogP contribution in [-0.4, -0.2) is 45.7 Å². The third-order valence-corrected chi connectivity index (χ3v) is 6.93. The van der Waals surface area contributed by atoms with E-state index in [2.05, 4.69) is 20.6 Å². The predicted molar refractivity (Wildman–Crippen MR) is 152 cm³/mol. The molecule has 2 aromatic heterocycles. The van der Waals surface area contributed by atoms with E-state index in [4.69, 9.17) is 27.9 Å². The van der Waals surface area contributed by atoms with Gasteiger partial charge in [-0.1, -0.05) is 35.3 Å². The van der Waals surface area contributed by atoms with E-state index in [1.807, 2.05) is 6.07 Å². The van der Waals surface area contributed by atoms with Gasteiger partial charge in [0.25, 0.3) is 11.8 Å². The van der Waals surface area contributed by atoms with Crippen molar-refractivity contribution in [3.05, 3.63) is 112 Å². The summed E-state index contributed by atoms with van der Waals surface area (Å²) in [6, 6.07) is 17.4. The van der Waals surface area contributed by atoms with Crippen molar-refractivity contribution >= 4 is 52.4 Å². The number of hydrogen-bond donors (Lipinski definition) is 2. The SMILES string of the molecule is COc1ccc(NC(=O)c2ccc(CN3C(=O)c4ccc(Cl)cc4NC(=O)[C@H]3Cc3ccccn3)cc2Cl)nc1. The molecule has 0 saturated carbocycles. The Balaban J connectivity index is 1.42. The van der Waals surface area contributed by atoms with Crippen molar-refractivity contribution in [1.82, 2.24) is 14.9 Å². The summed E-state index contributed by atoms with van der Waals surface area (Å²) >= 11 is 12.6. The van der Waals surface area contributed by atoms with Gasteiger partial charge in [0, 0.05) is 29.9 Å². The second-order valence-electron chi connectivity index (χ2n) is 9.00. The highest BCUT2D eigenvalue weighted by molar-refractivity contribution is 6.34. The Kier molecular flexibility index (Phi) is 7.95. The van der Waals surface area contributed by atoms with E-state index in [1.165, 1.54) is 18.2 Å². The van der Waals surface area contributed by atoms with Crippen LogP contribution in [0.15, 0.2) is 79.1 Å². The lowest BCUT2D eigenvalue weighted by molar-refractivity contribution is -0.120. The zero-order valence-corrected chi connectivity index (χ0v) is 22.7. The van der Waals surface area contributed by atoms with Crippen LogP contribution in [0.25, 0.3) is 0 Å². The van der Waals surface area contributed by atoms with Crippen LogP contribution in [0.3, 0.4) is 0 Å². The van der Waals surface area contributed by atoms with E-state index >= 15 is 0 Å². The molecule has 0 fully saturated rings. The molecule has 0 bridgehead atoms. The van der Waals surface area contributed by atoms with Crippen molar-refractivity contribution in [3.63, 3.8) is 0 Å². The van der Waals surface area contributed by atoms with Gasteiger partial charge in [-0.3, -0.25) is 19.4 Å². The zero-order valence-electron chi connectivity index (χ0n) is 21.2. The van der Waals surface area contributed by atoms with Crippen LogP contribution in [0.1, 0.15) is 32.0 Å². The van der Waals surface area contributed by atoms with Crippen LogP contribution in [-0.2, 0) is 17.8 Å². The lowest BCUT2D eigenvalue weighted by Crippen LogP contribution is -2.46. The zero-order chi connectivity index (χ0) is 28.2. The van der Waals surface area contributed by atoms with Crippen molar-refractivity contribution in [2.75, 3.05) is 17.7 Å². The average molecular weight is 576 g/mol. The molecule has 11 heteroatoms. The molecule has 0 unspecified atom stereocenters. The van der Waals surface area contributed by atoms with Gasteiger partial charge in [0.2, 0.25) is 5.91 Å². The van der Waals surface area contributed by atoms with Gasteiger partial charge < -0.3 is 20.3 Å². The molecule has 4 aromatic rings. The largest absolute Gasteiger partial charge is 0.495 e. The number of pyridine rings is 2. The number of anilines is 2. The van der Waals surface area contributed by atoms with Crippen LogP contribution >= 0.6 is 23.2 Å². The van der Waals surface area contributed by atoms with Gasteiger partial charge in [-0.2, -0.15) is 0 Å². The molecule has 5 rings (SSSR count). The third-order valence-electron chi connectivity index (χ3n) is 6.38. The summed E-state index contributed by atoms with van der Waals surface area (Å²) in [6.45, 7) is 0.0630. The fraction of sp³-hybridized carbons (Fsp3) is 0.138. The summed E-state index contributed by atoms with van der Waals surface area (Å²) in [7, 11) is 1.53. The van der Waals surface area contributed by atoms with Crippen molar-refractivity contribution in [3.8, 4) is 5.75 Å². The Hall–Kier alpha value is -4.47. The highest BCUT2D eigenvalue weighted by Crippen LogP contribution is 2.29. The third kappa shape index (κ3) is 5.90. The standard InChI is InChI=1S/C29H23Cl2N5O4/c1-40-20-7-10-26(33-15-20)35-27(37)21-8-5-17(12-23(21)31)16-36-25(14-19-4-2-3-11-32-19)28(38)34-24-13-18(30)6-9-22(24)29(36)39/h2-13,15,25H,14,16H2,1H3,(H,34,38)(H,33,35,37)/t25-/m1/s1. The molecule has 40 heavy (non-hydrogen) atoms. The summed E-state index contributed by atoms with van der Waals surface area (Å²) in [4.78, 5) is 50.0. The van der Waals surface area contributed by atoms with Crippen molar-refractivity contribution < 1.29 is 19.1 Å². The molecule has 2 aromatic carbocycles. The first-order valence-corrected chi connectivity index (χ1v) is 13.0. The summed E-state index contributed by atoms with van der Waals surface area (Å²) in [6.07, 6.45) is 3.32. The topological polar surface area (TPSA) is 114 Å². The first-order chi connectivity index (χ1) is 19.3. The highest BCUT2D eigenvalue weighted by atomic mass is 35.5. The minimum atomic E-state index is -0.864. The summed E-state index contributed by atoms with van der Waals surface area (Å²) in [5, 5.41) is 6.12. The summed E-state index contributed by atoms with van der Waals surface area (Å²) in [5.74, 6) is -0.269. The number of carbonyl (C=O) groups excluding carboxylic acids is 3. The number of methoxy groups -OCH3 is 1. The van der Waals surface area contributed by atoms with Crippen LogP contribution in [0.4, 0.5) is 11.5 Å². The molecule has 0 aliphatic carbocycles. The number of amides is 3.